The van der Waals surface area contributed by atoms with Crippen LogP contribution in [0.15, 0.2) is 18.5 Å². The molecule has 3 nitrogen and oxygen atoms in total. The summed E-state index contributed by atoms with van der Waals surface area (Å²) < 4.78 is 0. The van der Waals surface area contributed by atoms with Gasteiger partial charge in [-0.15, -0.1) is 0 Å². The second-order valence-electron chi connectivity index (χ2n) is 3.14. The molecule has 0 unspecified atom stereocenters. The predicted octanol–water partition coefficient (Wildman–Crippen LogP) is 2.27. The van der Waals surface area contributed by atoms with Crippen LogP contribution < -0.4 is 11.1 Å². The molecule has 0 aliphatic rings. The second kappa shape index (κ2) is 5.41. The van der Waals surface area contributed by atoms with Gasteiger partial charge < -0.3 is 11.1 Å². The summed E-state index contributed by atoms with van der Waals surface area (Å²) in [5.41, 5.74) is 7.31. The van der Waals surface area contributed by atoms with Crippen LogP contribution in [0.1, 0.15) is 26.2 Å². The summed E-state index contributed by atoms with van der Waals surface area (Å²) in [4.78, 5) is 4.00. The summed E-state index contributed by atoms with van der Waals surface area (Å²) in [6.45, 7) is 3.20. The van der Waals surface area contributed by atoms with Gasteiger partial charge in [-0.2, -0.15) is 0 Å². The molecule has 3 heteroatoms. The van der Waals surface area contributed by atoms with Gasteiger partial charge in [-0.25, -0.2) is 0 Å². The minimum absolute atomic E-state index is 0.709. The monoisotopic (exact) mass is 179 g/mol. The number of aromatic nitrogens is 1. The van der Waals surface area contributed by atoms with Gasteiger partial charge in [-0.05, 0) is 12.5 Å². The molecule has 0 fully saturated rings. The molecule has 0 spiro atoms. The summed E-state index contributed by atoms with van der Waals surface area (Å²) in [5, 5.41) is 3.28. The van der Waals surface area contributed by atoms with Gasteiger partial charge in [0, 0.05) is 12.7 Å². The number of anilines is 2. The minimum atomic E-state index is 0.709. The van der Waals surface area contributed by atoms with Crippen molar-refractivity contribution >= 4 is 11.4 Å². The molecule has 0 bridgehead atoms. The SMILES string of the molecule is CCCCCNc1cncc(N)c1. The first-order chi connectivity index (χ1) is 6.33. The summed E-state index contributed by atoms with van der Waals surface area (Å²) in [6, 6.07) is 1.90. The van der Waals surface area contributed by atoms with Gasteiger partial charge in [0.2, 0.25) is 0 Å². The number of nitrogens with one attached hydrogen (secondary N) is 1. The zero-order valence-electron chi connectivity index (χ0n) is 8.09. The number of unbranched alkanes of at least 4 members (excludes halogenated alkanes) is 2. The van der Waals surface area contributed by atoms with E-state index in [1.54, 1.807) is 12.4 Å². The maximum atomic E-state index is 5.59. The van der Waals surface area contributed by atoms with Gasteiger partial charge in [0.15, 0.2) is 0 Å². The number of hydrogen-bond donors (Lipinski definition) is 2. The van der Waals surface area contributed by atoms with E-state index in [9.17, 15) is 0 Å². The predicted molar refractivity (Wildman–Crippen MR) is 56.7 cm³/mol. The first kappa shape index (κ1) is 9.84. The van der Waals surface area contributed by atoms with Crippen LogP contribution in [0.4, 0.5) is 11.4 Å². The molecule has 0 amide bonds. The lowest BCUT2D eigenvalue weighted by atomic mass is 10.2. The molecule has 0 aromatic carbocycles. The molecule has 0 saturated carbocycles. The van der Waals surface area contributed by atoms with Crippen LogP contribution in [0.2, 0.25) is 0 Å². The first-order valence-electron chi connectivity index (χ1n) is 4.77. The zero-order chi connectivity index (χ0) is 9.52. The quantitative estimate of drug-likeness (QED) is 0.682. The van der Waals surface area contributed by atoms with Crippen molar-refractivity contribution in [1.29, 1.82) is 0 Å². The lowest BCUT2D eigenvalue weighted by molar-refractivity contribution is 0.743. The average Bonchev–Trinajstić information content (AvgIpc) is 2.13. The van der Waals surface area contributed by atoms with Crippen LogP contribution in [-0.4, -0.2) is 11.5 Å². The van der Waals surface area contributed by atoms with Gasteiger partial charge in [0.25, 0.3) is 0 Å². The third-order valence-electron chi connectivity index (χ3n) is 1.87. The van der Waals surface area contributed by atoms with E-state index in [-0.39, 0.29) is 0 Å². The molecular formula is C10H17N3. The van der Waals surface area contributed by atoms with E-state index in [0.29, 0.717) is 5.69 Å². The van der Waals surface area contributed by atoms with Crippen LogP contribution in [-0.2, 0) is 0 Å². The standard InChI is InChI=1S/C10H17N3/c1-2-3-4-5-13-10-6-9(11)7-12-8-10/h6-8,13H,2-5,11H2,1H3. The fourth-order valence-electron chi connectivity index (χ4n) is 1.16. The van der Waals surface area contributed by atoms with Crippen molar-refractivity contribution in [3.63, 3.8) is 0 Å². The molecule has 0 radical (unpaired) electrons. The topological polar surface area (TPSA) is 50.9 Å². The van der Waals surface area contributed by atoms with Crippen molar-refractivity contribution in [3.8, 4) is 0 Å². The Labute approximate surface area is 79.4 Å². The van der Waals surface area contributed by atoms with E-state index < -0.39 is 0 Å². The number of nitrogen functional groups attached to an aromatic ring is 1. The van der Waals surface area contributed by atoms with Crippen LogP contribution >= 0.6 is 0 Å². The summed E-state index contributed by atoms with van der Waals surface area (Å²) in [7, 11) is 0. The first-order valence-corrected chi connectivity index (χ1v) is 4.77. The highest BCUT2D eigenvalue weighted by Crippen LogP contribution is 2.09. The van der Waals surface area contributed by atoms with Gasteiger partial charge in [0.05, 0.1) is 17.6 Å². The van der Waals surface area contributed by atoms with Gasteiger partial charge >= 0.3 is 0 Å². The van der Waals surface area contributed by atoms with E-state index in [2.05, 4.69) is 17.2 Å². The summed E-state index contributed by atoms with van der Waals surface area (Å²) in [5.74, 6) is 0. The van der Waals surface area contributed by atoms with Crippen molar-refractivity contribution in [1.82, 2.24) is 4.98 Å². The fourth-order valence-corrected chi connectivity index (χ4v) is 1.16. The molecule has 0 saturated heterocycles. The highest BCUT2D eigenvalue weighted by atomic mass is 14.9. The van der Waals surface area contributed by atoms with E-state index in [1.165, 1.54) is 19.3 Å². The van der Waals surface area contributed by atoms with Gasteiger partial charge in [-0.1, -0.05) is 19.8 Å². The Morgan fingerprint density at radius 3 is 2.92 bits per heavy atom. The zero-order valence-corrected chi connectivity index (χ0v) is 8.09. The van der Waals surface area contributed by atoms with Crippen molar-refractivity contribution < 1.29 is 0 Å². The Balaban J connectivity index is 2.28. The van der Waals surface area contributed by atoms with Crippen LogP contribution in [0, 0.1) is 0 Å². The van der Waals surface area contributed by atoms with Crippen LogP contribution in [0.25, 0.3) is 0 Å². The molecule has 1 heterocycles. The number of hydrogen-bond acceptors (Lipinski definition) is 3. The van der Waals surface area contributed by atoms with Gasteiger partial charge in [-0.3, -0.25) is 4.98 Å². The lowest BCUT2D eigenvalue weighted by Crippen LogP contribution is -2.02. The third-order valence-corrected chi connectivity index (χ3v) is 1.87. The third kappa shape index (κ3) is 3.78. The van der Waals surface area contributed by atoms with Crippen LogP contribution in [0.5, 0.6) is 0 Å². The maximum absolute atomic E-state index is 5.59. The maximum Gasteiger partial charge on any atom is 0.0547 e. The van der Waals surface area contributed by atoms with Crippen molar-refractivity contribution in [3.05, 3.63) is 18.5 Å². The molecule has 1 aromatic rings. The molecule has 3 N–H and O–H groups in total. The van der Waals surface area contributed by atoms with Crippen LogP contribution in [0.3, 0.4) is 0 Å². The van der Waals surface area contributed by atoms with Crippen molar-refractivity contribution in [2.75, 3.05) is 17.6 Å². The van der Waals surface area contributed by atoms with E-state index >= 15 is 0 Å². The Morgan fingerprint density at radius 2 is 2.23 bits per heavy atom. The van der Waals surface area contributed by atoms with Gasteiger partial charge in [0.1, 0.15) is 0 Å². The average molecular weight is 179 g/mol. The van der Waals surface area contributed by atoms with E-state index in [1.807, 2.05) is 6.07 Å². The molecule has 1 rings (SSSR count). The van der Waals surface area contributed by atoms with E-state index in [0.717, 1.165) is 12.2 Å². The Hall–Kier alpha value is -1.25. The Kier molecular flexibility index (Phi) is 4.09. The Bertz CT molecular complexity index is 248. The molecule has 0 atom stereocenters. The second-order valence-corrected chi connectivity index (χ2v) is 3.14. The molecule has 1 aromatic heterocycles. The minimum Gasteiger partial charge on any atom is -0.397 e. The summed E-state index contributed by atoms with van der Waals surface area (Å²) in [6.07, 6.45) is 7.16. The number of rotatable bonds is 5. The normalized spacial score (nSPS) is 9.92. The van der Waals surface area contributed by atoms with E-state index in [4.69, 9.17) is 5.73 Å². The summed E-state index contributed by atoms with van der Waals surface area (Å²) >= 11 is 0. The lowest BCUT2D eigenvalue weighted by Gasteiger charge is -2.05. The molecule has 0 aliphatic carbocycles. The number of nitrogens with two attached hydrogens (primary N) is 1. The number of pyridine rings is 1. The molecule has 13 heavy (non-hydrogen) atoms. The van der Waals surface area contributed by atoms with Crippen molar-refractivity contribution in [2.45, 2.75) is 26.2 Å². The largest absolute Gasteiger partial charge is 0.397 e. The molecule has 72 valence electrons. The number of nitrogens with zero attached hydrogens (tertiary/aromatic N) is 1. The highest BCUT2D eigenvalue weighted by molar-refractivity contribution is 5.50. The fraction of sp³-hybridized carbons (Fsp3) is 0.500. The smallest absolute Gasteiger partial charge is 0.0547 e. The van der Waals surface area contributed by atoms with Crippen molar-refractivity contribution in [2.24, 2.45) is 0 Å². The molecule has 0 aliphatic heterocycles. The Morgan fingerprint density at radius 1 is 1.38 bits per heavy atom. The highest BCUT2D eigenvalue weighted by Gasteiger charge is 1.92. The molecular weight excluding hydrogens is 162 g/mol.